The van der Waals surface area contributed by atoms with Crippen molar-refractivity contribution < 1.29 is 17.9 Å². The summed E-state index contributed by atoms with van der Waals surface area (Å²) in [5.41, 5.74) is 4.93. The fourth-order valence-corrected chi connectivity index (χ4v) is 5.38. The monoisotopic (exact) mass is 458 g/mol. The molecule has 32 heavy (non-hydrogen) atoms. The van der Waals surface area contributed by atoms with Gasteiger partial charge in [-0.3, -0.25) is 4.90 Å². The van der Waals surface area contributed by atoms with E-state index in [-0.39, 0.29) is 17.3 Å². The molecule has 0 spiro atoms. The van der Waals surface area contributed by atoms with Gasteiger partial charge in [-0.2, -0.15) is 13.2 Å². The summed E-state index contributed by atoms with van der Waals surface area (Å²) < 4.78 is 41.9. The summed E-state index contributed by atoms with van der Waals surface area (Å²) in [6.45, 7) is 1.68. The van der Waals surface area contributed by atoms with E-state index in [1.54, 1.807) is 6.20 Å². The number of thioether (sulfide) groups is 1. The van der Waals surface area contributed by atoms with Crippen LogP contribution in [-0.4, -0.2) is 29.2 Å². The lowest BCUT2D eigenvalue weighted by molar-refractivity contribution is -0.154. The molecule has 1 aliphatic rings. The first kappa shape index (κ1) is 22.7. The number of nitrogens with zero attached hydrogens (tertiary/aromatic N) is 2. The van der Waals surface area contributed by atoms with Crippen LogP contribution in [0.25, 0.3) is 0 Å². The highest BCUT2D eigenvalue weighted by atomic mass is 32.2. The maximum Gasteiger partial charge on any atom is 0.422 e. The second-order valence-corrected chi connectivity index (χ2v) is 8.91. The van der Waals surface area contributed by atoms with Crippen molar-refractivity contribution in [1.82, 2.24) is 9.88 Å². The topological polar surface area (TPSA) is 25.4 Å². The highest BCUT2D eigenvalue weighted by Gasteiger charge is 2.32. The molecule has 0 fully saturated rings. The van der Waals surface area contributed by atoms with Crippen LogP contribution in [0.15, 0.2) is 72.9 Å². The molecule has 0 amide bonds. The molecule has 1 aromatic heterocycles. The lowest BCUT2D eigenvalue weighted by Gasteiger charge is -2.41. The van der Waals surface area contributed by atoms with Crippen molar-refractivity contribution in [3.63, 3.8) is 0 Å². The summed E-state index contributed by atoms with van der Waals surface area (Å²) in [5, 5.41) is 0.177. The van der Waals surface area contributed by atoms with Crippen LogP contribution in [0, 0.1) is 0 Å². The molecular weight excluding hydrogens is 433 g/mol. The third-order valence-electron chi connectivity index (χ3n) is 5.64. The highest BCUT2D eigenvalue weighted by molar-refractivity contribution is 7.98. The Morgan fingerprint density at radius 2 is 1.81 bits per heavy atom. The van der Waals surface area contributed by atoms with E-state index in [1.165, 1.54) is 22.8 Å². The normalized spacial score (nSPS) is 17.6. The van der Waals surface area contributed by atoms with Crippen molar-refractivity contribution in [2.75, 3.05) is 13.2 Å². The lowest BCUT2D eigenvalue weighted by atomic mass is 9.97. The molecule has 2 aromatic carbocycles. The summed E-state index contributed by atoms with van der Waals surface area (Å²) in [5.74, 6) is 0.878. The zero-order chi connectivity index (χ0) is 22.6. The minimum atomic E-state index is -4.38. The van der Waals surface area contributed by atoms with Gasteiger partial charge < -0.3 is 4.74 Å². The number of alkyl halides is 3. The first-order chi connectivity index (χ1) is 15.4. The number of rotatable bonds is 7. The van der Waals surface area contributed by atoms with Crippen LogP contribution < -0.4 is 4.74 Å². The van der Waals surface area contributed by atoms with Crippen LogP contribution in [0.1, 0.15) is 40.6 Å². The molecule has 3 nitrogen and oxygen atoms in total. The summed E-state index contributed by atoms with van der Waals surface area (Å²) in [7, 11) is 0. The van der Waals surface area contributed by atoms with Crippen molar-refractivity contribution in [3.8, 4) is 5.88 Å². The Hall–Kier alpha value is -2.51. The van der Waals surface area contributed by atoms with E-state index >= 15 is 0 Å². The largest absolute Gasteiger partial charge is 0.468 e. The van der Waals surface area contributed by atoms with Gasteiger partial charge in [0.05, 0.1) is 5.37 Å². The van der Waals surface area contributed by atoms with Gasteiger partial charge in [0, 0.05) is 30.6 Å². The van der Waals surface area contributed by atoms with Gasteiger partial charge >= 0.3 is 6.18 Å². The van der Waals surface area contributed by atoms with Crippen molar-refractivity contribution in [3.05, 3.63) is 95.2 Å². The fraction of sp³-hybridized carbons (Fsp3) is 0.320. The number of benzene rings is 2. The van der Waals surface area contributed by atoms with E-state index in [4.69, 9.17) is 4.74 Å². The molecule has 0 bridgehead atoms. The first-order valence-corrected chi connectivity index (χ1v) is 11.6. The van der Waals surface area contributed by atoms with Crippen molar-refractivity contribution >= 4 is 11.8 Å². The predicted octanol–water partition coefficient (Wildman–Crippen LogP) is 6.57. The minimum absolute atomic E-state index is 0.0164. The molecule has 2 heterocycles. The highest BCUT2D eigenvalue weighted by Crippen LogP contribution is 2.43. The Morgan fingerprint density at radius 1 is 1.06 bits per heavy atom. The molecule has 2 atom stereocenters. The van der Waals surface area contributed by atoms with Gasteiger partial charge in [0.15, 0.2) is 6.61 Å². The van der Waals surface area contributed by atoms with E-state index < -0.39 is 12.8 Å². The summed E-state index contributed by atoms with van der Waals surface area (Å²) in [6.07, 6.45) is -1.79. The third-order valence-corrected chi connectivity index (χ3v) is 6.98. The molecule has 4 rings (SSSR count). The van der Waals surface area contributed by atoms with E-state index in [9.17, 15) is 13.2 Å². The van der Waals surface area contributed by atoms with Gasteiger partial charge in [-0.25, -0.2) is 4.98 Å². The molecule has 1 aliphatic heterocycles. The second-order valence-electron chi connectivity index (χ2n) is 7.85. The number of pyridine rings is 1. The lowest BCUT2D eigenvalue weighted by Crippen LogP contribution is -2.36. The Labute approximate surface area is 190 Å². The third kappa shape index (κ3) is 5.64. The molecular formula is C25H25F3N2OS. The average Bonchev–Trinajstić information content (AvgIpc) is 2.81. The van der Waals surface area contributed by atoms with E-state index in [0.717, 1.165) is 24.3 Å². The molecule has 0 saturated carbocycles. The molecule has 0 aliphatic carbocycles. The van der Waals surface area contributed by atoms with E-state index in [0.29, 0.717) is 0 Å². The van der Waals surface area contributed by atoms with Crippen LogP contribution in [0.2, 0.25) is 0 Å². The van der Waals surface area contributed by atoms with E-state index in [1.807, 2.05) is 23.9 Å². The summed E-state index contributed by atoms with van der Waals surface area (Å²) >= 11 is 1.89. The molecule has 0 N–H and O–H groups in total. The van der Waals surface area contributed by atoms with Gasteiger partial charge in [-0.05, 0) is 35.6 Å². The number of halogens is 3. The zero-order valence-electron chi connectivity index (χ0n) is 17.8. The smallest absolute Gasteiger partial charge is 0.422 e. The van der Waals surface area contributed by atoms with Crippen molar-refractivity contribution in [2.24, 2.45) is 0 Å². The number of hydrogen-bond donors (Lipinski definition) is 0. The second kappa shape index (κ2) is 9.96. The molecule has 3 aromatic rings. The van der Waals surface area contributed by atoms with Crippen LogP contribution in [-0.2, 0) is 12.2 Å². The number of fused-ring (bicyclic) bond motifs is 1. The minimum Gasteiger partial charge on any atom is -0.468 e. The molecule has 0 radical (unpaired) electrons. The van der Waals surface area contributed by atoms with Crippen molar-refractivity contribution in [1.29, 1.82) is 0 Å². The van der Waals surface area contributed by atoms with E-state index in [2.05, 4.69) is 65.3 Å². The van der Waals surface area contributed by atoms with Crippen LogP contribution >= 0.6 is 11.8 Å². The van der Waals surface area contributed by atoms with Gasteiger partial charge in [-0.1, -0.05) is 60.7 Å². The van der Waals surface area contributed by atoms with Crippen LogP contribution in [0.5, 0.6) is 5.88 Å². The molecule has 7 heteroatoms. The number of ether oxygens (including phenoxy) is 1. The SMILES string of the molecule is CC(c1ccc(OCC(F)(F)F)nc1)N1CCc2ccccc2C1SCc1ccccc1. The standard InChI is InChI=1S/C25H25F3N2OS/c1-18(21-11-12-23(29-15-21)31-17-25(26,27)28)30-14-13-20-9-5-6-10-22(20)24(30)32-16-19-7-3-2-4-8-19/h2-12,15,18,24H,13-14,16-17H2,1H3. The zero-order valence-corrected chi connectivity index (χ0v) is 18.6. The number of aromatic nitrogens is 1. The maximum absolute atomic E-state index is 12.4. The Bertz CT molecular complexity index is 1010. The van der Waals surface area contributed by atoms with Gasteiger partial charge in [0.2, 0.25) is 5.88 Å². The summed E-state index contributed by atoms with van der Waals surface area (Å²) in [6, 6.07) is 22.3. The van der Waals surface area contributed by atoms with Gasteiger partial charge in [0.25, 0.3) is 0 Å². The molecule has 2 unspecified atom stereocenters. The molecule has 0 saturated heterocycles. The first-order valence-electron chi connectivity index (χ1n) is 10.6. The Balaban J connectivity index is 1.52. The maximum atomic E-state index is 12.4. The van der Waals surface area contributed by atoms with Crippen LogP contribution in [0.4, 0.5) is 13.2 Å². The van der Waals surface area contributed by atoms with Gasteiger partial charge in [0.1, 0.15) is 0 Å². The Morgan fingerprint density at radius 3 is 2.53 bits per heavy atom. The predicted molar refractivity (Wildman–Crippen MR) is 122 cm³/mol. The quantitative estimate of drug-likeness (QED) is 0.400. The van der Waals surface area contributed by atoms with Crippen LogP contribution in [0.3, 0.4) is 0 Å². The van der Waals surface area contributed by atoms with Crippen molar-refractivity contribution in [2.45, 2.75) is 36.7 Å². The summed E-state index contributed by atoms with van der Waals surface area (Å²) in [4.78, 5) is 6.55. The molecule has 168 valence electrons. The Kier molecular flexibility index (Phi) is 7.06. The fourth-order valence-electron chi connectivity index (χ4n) is 3.95. The van der Waals surface area contributed by atoms with Gasteiger partial charge in [-0.15, -0.1) is 11.8 Å². The average molecular weight is 459 g/mol. The number of hydrogen-bond acceptors (Lipinski definition) is 4.